The summed E-state index contributed by atoms with van der Waals surface area (Å²) in [5.74, 6) is -1.11. The molecule has 0 saturated heterocycles. The molecule has 0 aliphatic carbocycles. The predicted octanol–water partition coefficient (Wildman–Crippen LogP) is 3.47. The van der Waals surface area contributed by atoms with Crippen LogP contribution in [0.25, 0.3) is 10.1 Å². The van der Waals surface area contributed by atoms with Crippen molar-refractivity contribution in [3.05, 3.63) is 32.1 Å². The van der Waals surface area contributed by atoms with Gasteiger partial charge in [-0.15, -0.1) is 11.3 Å². The molecule has 1 unspecified atom stereocenters. The Hall–Kier alpha value is -1.01. The van der Waals surface area contributed by atoms with Crippen LogP contribution in [-0.2, 0) is 4.79 Å². The van der Waals surface area contributed by atoms with E-state index in [4.69, 9.17) is 40.5 Å². The molecule has 106 valence electrons. The largest absolute Gasteiger partial charge is 0.368 e. The standard InChI is InChI=1S/C12H9Cl3N2O2S/c1-4(11(16)18)17-12(19)10-9(15)8-6(14)2-5(13)3-7(8)20-10/h2-4H,1H3,(H2,16,18)(H,17,19). The molecular weight excluding hydrogens is 343 g/mol. The van der Waals surface area contributed by atoms with Crippen LogP contribution in [-0.4, -0.2) is 17.9 Å². The number of thiophene rings is 1. The summed E-state index contributed by atoms with van der Waals surface area (Å²) in [5, 5.41) is 4.10. The Labute approximate surface area is 133 Å². The average Bonchev–Trinajstić information content (AvgIpc) is 2.66. The Morgan fingerprint density at radius 1 is 1.30 bits per heavy atom. The summed E-state index contributed by atoms with van der Waals surface area (Å²) in [5.41, 5.74) is 5.10. The van der Waals surface area contributed by atoms with E-state index in [2.05, 4.69) is 5.32 Å². The first kappa shape index (κ1) is 15.4. The van der Waals surface area contributed by atoms with Crippen LogP contribution in [0, 0.1) is 0 Å². The summed E-state index contributed by atoms with van der Waals surface area (Å²) in [4.78, 5) is 23.3. The van der Waals surface area contributed by atoms with Gasteiger partial charge in [0, 0.05) is 15.1 Å². The van der Waals surface area contributed by atoms with Gasteiger partial charge in [0.05, 0.1) is 10.0 Å². The Morgan fingerprint density at radius 2 is 1.95 bits per heavy atom. The first-order valence-electron chi connectivity index (χ1n) is 5.48. The Bertz CT molecular complexity index is 714. The lowest BCUT2D eigenvalue weighted by Gasteiger charge is -2.08. The molecule has 4 nitrogen and oxygen atoms in total. The van der Waals surface area contributed by atoms with Gasteiger partial charge in [-0.05, 0) is 19.1 Å². The number of hydrogen-bond acceptors (Lipinski definition) is 3. The molecule has 0 fully saturated rings. The minimum absolute atomic E-state index is 0.237. The average molecular weight is 352 g/mol. The number of benzene rings is 1. The number of amides is 2. The molecule has 0 bridgehead atoms. The van der Waals surface area contributed by atoms with Gasteiger partial charge < -0.3 is 11.1 Å². The second kappa shape index (κ2) is 5.77. The van der Waals surface area contributed by atoms with E-state index in [1.807, 2.05) is 0 Å². The number of nitrogens with two attached hydrogens (primary N) is 1. The minimum Gasteiger partial charge on any atom is -0.368 e. The molecule has 2 amide bonds. The normalized spacial score (nSPS) is 12.4. The summed E-state index contributed by atoms with van der Waals surface area (Å²) < 4.78 is 0.698. The van der Waals surface area contributed by atoms with Gasteiger partial charge in [-0.3, -0.25) is 9.59 Å². The quantitative estimate of drug-likeness (QED) is 0.888. The molecule has 0 saturated carbocycles. The molecule has 1 atom stereocenters. The van der Waals surface area contributed by atoms with E-state index in [0.29, 0.717) is 20.1 Å². The van der Waals surface area contributed by atoms with Crippen LogP contribution < -0.4 is 11.1 Å². The van der Waals surface area contributed by atoms with Crippen LogP contribution in [0.3, 0.4) is 0 Å². The van der Waals surface area contributed by atoms with Crippen molar-refractivity contribution in [1.29, 1.82) is 0 Å². The fourth-order valence-corrected chi connectivity index (χ4v) is 3.87. The van der Waals surface area contributed by atoms with Gasteiger partial charge in [0.1, 0.15) is 10.9 Å². The van der Waals surface area contributed by atoms with Gasteiger partial charge in [-0.1, -0.05) is 34.8 Å². The molecule has 1 aromatic heterocycles. The fraction of sp³-hybridized carbons (Fsp3) is 0.167. The molecule has 0 spiro atoms. The van der Waals surface area contributed by atoms with E-state index in [9.17, 15) is 9.59 Å². The van der Waals surface area contributed by atoms with Gasteiger partial charge in [0.2, 0.25) is 5.91 Å². The van der Waals surface area contributed by atoms with Crippen LogP contribution in [0.4, 0.5) is 0 Å². The van der Waals surface area contributed by atoms with E-state index in [1.54, 1.807) is 12.1 Å². The molecule has 0 aliphatic rings. The summed E-state index contributed by atoms with van der Waals surface area (Å²) >= 11 is 19.3. The third-order valence-electron chi connectivity index (χ3n) is 2.63. The maximum absolute atomic E-state index is 12.1. The van der Waals surface area contributed by atoms with Gasteiger partial charge in [-0.2, -0.15) is 0 Å². The molecule has 1 aromatic carbocycles. The maximum atomic E-state index is 12.1. The van der Waals surface area contributed by atoms with Crippen molar-refractivity contribution < 1.29 is 9.59 Å². The summed E-state index contributed by atoms with van der Waals surface area (Å²) in [6, 6.07) is 2.44. The highest BCUT2D eigenvalue weighted by Crippen LogP contribution is 2.41. The summed E-state index contributed by atoms with van der Waals surface area (Å²) in [6.07, 6.45) is 0. The fourth-order valence-electron chi connectivity index (χ4n) is 1.59. The van der Waals surface area contributed by atoms with E-state index in [1.165, 1.54) is 6.92 Å². The highest BCUT2D eigenvalue weighted by Gasteiger charge is 2.21. The number of primary amides is 1. The van der Waals surface area contributed by atoms with Crippen molar-refractivity contribution in [3.8, 4) is 0 Å². The van der Waals surface area contributed by atoms with Crippen LogP contribution >= 0.6 is 46.1 Å². The number of carbonyl (C=O) groups is 2. The summed E-state index contributed by atoms with van der Waals surface area (Å²) in [6.45, 7) is 1.49. The third-order valence-corrected chi connectivity index (χ3v) is 4.77. The molecular formula is C12H9Cl3N2O2S. The Morgan fingerprint density at radius 3 is 2.55 bits per heavy atom. The van der Waals surface area contributed by atoms with Gasteiger partial charge in [-0.25, -0.2) is 0 Å². The highest BCUT2D eigenvalue weighted by molar-refractivity contribution is 7.21. The van der Waals surface area contributed by atoms with Crippen LogP contribution in [0.1, 0.15) is 16.6 Å². The zero-order valence-electron chi connectivity index (χ0n) is 10.2. The lowest BCUT2D eigenvalue weighted by atomic mass is 10.2. The summed E-state index contributed by atoms with van der Waals surface area (Å²) in [7, 11) is 0. The topological polar surface area (TPSA) is 72.2 Å². The molecule has 2 rings (SSSR count). The molecule has 0 radical (unpaired) electrons. The Balaban J connectivity index is 2.45. The number of nitrogens with one attached hydrogen (secondary N) is 1. The van der Waals surface area contributed by atoms with Crippen molar-refractivity contribution in [1.82, 2.24) is 5.32 Å². The van der Waals surface area contributed by atoms with Gasteiger partial charge >= 0.3 is 0 Å². The molecule has 3 N–H and O–H groups in total. The molecule has 2 aromatic rings. The number of carbonyl (C=O) groups excluding carboxylic acids is 2. The third kappa shape index (κ3) is 2.86. The molecule has 8 heteroatoms. The van der Waals surface area contributed by atoms with Crippen molar-refractivity contribution in [2.45, 2.75) is 13.0 Å². The number of halogens is 3. The zero-order valence-corrected chi connectivity index (χ0v) is 13.3. The first-order valence-corrected chi connectivity index (χ1v) is 7.43. The van der Waals surface area contributed by atoms with Crippen molar-refractivity contribution in [2.24, 2.45) is 5.73 Å². The van der Waals surface area contributed by atoms with Crippen LogP contribution in [0.5, 0.6) is 0 Å². The van der Waals surface area contributed by atoms with Crippen molar-refractivity contribution >= 4 is 68.0 Å². The highest BCUT2D eigenvalue weighted by atomic mass is 35.5. The lowest BCUT2D eigenvalue weighted by molar-refractivity contribution is -0.119. The first-order chi connectivity index (χ1) is 9.31. The SMILES string of the molecule is CC(NC(=O)c1sc2cc(Cl)cc(Cl)c2c1Cl)C(N)=O. The maximum Gasteiger partial charge on any atom is 0.263 e. The smallest absolute Gasteiger partial charge is 0.263 e. The van der Waals surface area contributed by atoms with Gasteiger partial charge in [0.15, 0.2) is 0 Å². The molecule has 0 aliphatic heterocycles. The van der Waals surface area contributed by atoms with Crippen LogP contribution in [0.15, 0.2) is 12.1 Å². The van der Waals surface area contributed by atoms with E-state index in [0.717, 1.165) is 11.3 Å². The second-order valence-electron chi connectivity index (χ2n) is 4.10. The Kier molecular flexibility index (Phi) is 4.44. The second-order valence-corrected chi connectivity index (χ2v) is 6.38. The monoisotopic (exact) mass is 350 g/mol. The number of hydrogen-bond donors (Lipinski definition) is 2. The zero-order chi connectivity index (χ0) is 15.0. The molecule has 1 heterocycles. The van der Waals surface area contributed by atoms with Crippen molar-refractivity contribution in [2.75, 3.05) is 0 Å². The molecule has 20 heavy (non-hydrogen) atoms. The lowest BCUT2D eigenvalue weighted by Crippen LogP contribution is -2.41. The minimum atomic E-state index is -0.789. The van der Waals surface area contributed by atoms with Gasteiger partial charge in [0.25, 0.3) is 5.91 Å². The predicted molar refractivity (Wildman–Crippen MR) is 83.0 cm³/mol. The number of rotatable bonds is 3. The van der Waals surface area contributed by atoms with Crippen molar-refractivity contribution in [3.63, 3.8) is 0 Å². The number of fused-ring (bicyclic) bond motifs is 1. The van der Waals surface area contributed by atoms with E-state index in [-0.39, 0.29) is 9.90 Å². The van der Waals surface area contributed by atoms with E-state index >= 15 is 0 Å². The van der Waals surface area contributed by atoms with Crippen LogP contribution in [0.2, 0.25) is 15.1 Å². The van der Waals surface area contributed by atoms with E-state index < -0.39 is 17.9 Å².